The van der Waals surface area contributed by atoms with Gasteiger partial charge in [-0.2, -0.15) is 0 Å². The van der Waals surface area contributed by atoms with E-state index in [0.717, 1.165) is 25.7 Å². The van der Waals surface area contributed by atoms with E-state index >= 15 is 0 Å². The first kappa shape index (κ1) is 21.9. The van der Waals surface area contributed by atoms with Gasteiger partial charge in [0, 0.05) is 12.8 Å². The molecule has 0 aliphatic carbocycles. The number of aliphatic hydroxyl groups is 1. The SMILES string of the molecule is CCCCCCCC[N+](CO)(C(CC)C(=O)[O-])C(CC)C(=O)O. The summed E-state index contributed by atoms with van der Waals surface area (Å²) in [6.45, 7) is 5.40. The summed E-state index contributed by atoms with van der Waals surface area (Å²) in [6, 6.07) is -1.94. The third kappa shape index (κ3) is 6.11. The average molecular weight is 331 g/mol. The summed E-state index contributed by atoms with van der Waals surface area (Å²) >= 11 is 0. The van der Waals surface area contributed by atoms with Gasteiger partial charge in [-0.25, -0.2) is 4.79 Å². The van der Waals surface area contributed by atoms with Crippen LogP contribution < -0.4 is 5.11 Å². The predicted molar refractivity (Wildman–Crippen MR) is 86.4 cm³/mol. The fraction of sp³-hybridized carbons (Fsp3) is 0.882. The molecule has 23 heavy (non-hydrogen) atoms. The summed E-state index contributed by atoms with van der Waals surface area (Å²) in [4.78, 5) is 23.1. The third-order valence-corrected chi connectivity index (χ3v) is 4.76. The van der Waals surface area contributed by atoms with Crippen LogP contribution in [0.4, 0.5) is 0 Å². The molecular weight excluding hydrogens is 298 g/mol. The minimum absolute atomic E-state index is 0.239. The summed E-state index contributed by atoms with van der Waals surface area (Å²) in [7, 11) is 0. The van der Waals surface area contributed by atoms with E-state index in [9.17, 15) is 24.9 Å². The Morgan fingerprint density at radius 1 is 0.957 bits per heavy atom. The summed E-state index contributed by atoms with van der Waals surface area (Å²) in [6.07, 6.45) is 6.63. The topological polar surface area (TPSA) is 97.7 Å². The Balaban J connectivity index is 5.17. The lowest BCUT2D eigenvalue weighted by molar-refractivity contribution is -0.976. The molecule has 2 N–H and O–H groups in total. The molecule has 0 radical (unpaired) electrons. The first-order chi connectivity index (χ1) is 10.9. The van der Waals surface area contributed by atoms with E-state index < -0.39 is 30.8 Å². The van der Waals surface area contributed by atoms with E-state index in [1.807, 2.05) is 0 Å². The van der Waals surface area contributed by atoms with Gasteiger partial charge in [-0.3, -0.25) is 4.48 Å². The molecule has 0 bridgehead atoms. The highest BCUT2D eigenvalue weighted by Gasteiger charge is 2.46. The van der Waals surface area contributed by atoms with Crippen LogP contribution in [0, 0.1) is 0 Å². The molecule has 0 fully saturated rings. The van der Waals surface area contributed by atoms with Gasteiger partial charge in [0.2, 0.25) is 0 Å². The minimum Gasteiger partial charge on any atom is -0.544 e. The van der Waals surface area contributed by atoms with E-state index in [0.29, 0.717) is 13.0 Å². The number of rotatable bonds is 14. The molecule has 6 heteroatoms. The second-order valence-corrected chi connectivity index (χ2v) is 6.24. The van der Waals surface area contributed by atoms with E-state index in [2.05, 4.69) is 6.92 Å². The Labute approximate surface area is 139 Å². The van der Waals surface area contributed by atoms with E-state index in [1.165, 1.54) is 6.42 Å². The quantitative estimate of drug-likeness (QED) is 0.286. The van der Waals surface area contributed by atoms with Crippen molar-refractivity contribution >= 4 is 11.9 Å². The molecule has 0 aliphatic rings. The molecule has 0 aromatic carbocycles. The summed E-state index contributed by atoms with van der Waals surface area (Å²) in [5, 5.41) is 31.0. The number of carboxylic acid groups (broad SMARTS) is 2. The number of carbonyl (C=O) groups excluding carboxylic acids is 1. The zero-order valence-electron chi connectivity index (χ0n) is 14.8. The van der Waals surface area contributed by atoms with Crippen LogP contribution in [0.15, 0.2) is 0 Å². The molecule has 0 aromatic heterocycles. The number of hydrogen-bond donors (Lipinski definition) is 2. The fourth-order valence-corrected chi connectivity index (χ4v) is 3.48. The summed E-state index contributed by atoms with van der Waals surface area (Å²) in [5.41, 5.74) is 0. The van der Waals surface area contributed by atoms with Crippen molar-refractivity contribution in [3.05, 3.63) is 0 Å². The molecule has 0 spiro atoms. The zero-order chi connectivity index (χ0) is 17.9. The lowest BCUT2D eigenvalue weighted by Gasteiger charge is -2.47. The van der Waals surface area contributed by atoms with Gasteiger partial charge in [0.05, 0.1) is 12.5 Å². The largest absolute Gasteiger partial charge is 0.544 e. The smallest absolute Gasteiger partial charge is 0.362 e. The van der Waals surface area contributed by atoms with Crippen LogP contribution >= 0.6 is 0 Å². The Kier molecular flexibility index (Phi) is 10.8. The number of unbranched alkanes of at least 4 members (excludes halogenated alkanes) is 5. The Bertz CT molecular complexity index is 337. The van der Waals surface area contributed by atoms with Crippen LogP contribution in [0.1, 0.15) is 72.1 Å². The fourth-order valence-electron chi connectivity index (χ4n) is 3.48. The molecular formula is C17H33NO5. The van der Waals surface area contributed by atoms with Crippen molar-refractivity contribution in [3.8, 4) is 0 Å². The van der Waals surface area contributed by atoms with Crippen molar-refractivity contribution < 1.29 is 29.4 Å². The van der Waals surface area contributed by atoms with Crippen LogP contribution in [0.2, 0.25) is 0 Å². The molecule has 0 rings (SSSR count). The highest BCUT2D eigenvalue weighted by atomic mass is 16.4. The van der Waals surface area contributed by atoms with Crippen molar-refractivity contribution in [2.45, 2.75) is 84.2 Å². The number of carboxylic acids is 2. The van der Waals surface area contributed by atoms with Crippen molar-refractivity contribution in [2.24, 2.45) is 0 Å². The number of aliphatic carboxylic acids is 2. The first-order valence-corrected chi connectivity index (χ1v) is 8.82. The standard InChI is InChI=1S/C17H33NO5/c1-4-7-8-9-10-11-12-18(13-19,14(5-2)16(20)21)15(6-3)17(22)23/h14-15,19H,4-13H2,1-3H3,(H-,20,21,22,23). The molecule has 0 heterocycles. The van der Waals surface area contributed by atoms with Crippen LogP contribution in [-0.4, -0.2) is 52.0 Å². The average Bonchev–Trinajstić information content (AvgIpc) is 2.50. The number of aliphatic hydroxyl groups excluding tert-OH is 1. The molecule has 0 aromatic rings. The molecule has 3 atom stereocenters. The maximum absolute atomic E-state index is 11.6. The van der Waals surface area contributed by atoms with Gasteiger partial charge >= 0.3 is 5.97 Å². The molecule has 6 nitrogen and oxygen atoms in total. The zero-order valence-corrected chi connectivity index (χ0v) is 14.8. The monoisotopic (exact) mass is 331 g/mol. The van der Waals surface area contributed by atoms with Gasteiger partial charge in [-0.1, -0.05) is 46.5 Å². The number of hydrogen-bond acceptors (Lipinski definition) is 4. The van der Waals surface area contributed by atoms with Crippen LogP contribution in [0.25, 0.3) is 0 Å². The second kappa shape index (κ2) is 11.4. The van der Waals surface area contributed by atoms with Crippen LogP contribution in [0.3, 0.4) is 0 Å². The normalized spacial score (nSPS) is 16.5. The van der Waals surface area contributed by atoms with Gasteiger partial charge in [-0.15, -0.1) is 0 Å². The van der Waals surface area contributed by atoms with E-state index in [-0.39, 0.29) is 17.3 Å². The minimum atomic E-state index is -1.28. The Morgan fingerprint density at radius 2 is 1.48 bits per heavy atom. The maximum atomic E-state index is 11.6. The van der Waals surface area contributed by atoms with Crippen LogP contribution in [-0.2, 0) is 9.59 Å². The van der Waals surface area contributed by atoms with Gasteiger partial charge in [0.25, 0.3) is 0 Å². The highest BCUT2D eigenvalue weighted by Crippen LogP contribution is 2.25. The van der Waals surface area contributed by atoms with E-state index in [1.54, 1.807) is 13.8 Å². The van der Waals surface area contributed by atoms with Gasteiger partial charge in [0.1, 0.15) is 6.04 Å². The molecule has 136 valence electrons. The molecule has 0 saturated heterocycles. The predicted octanol–water partition coefficient (Wildman–Crippen LogP) is 1.51. The van der Waals surface area contributed by atoms with Crippen molar-refractivity contribution in [1.29, 1.82) is 0 Å². The van der Waals surface area contributed by atoms with Gasteiger partial charge in [0.15, 0.2) is 12.8 Å². The van der Waals surface area contributed by atoms with Crippen molar-refractivity contribution in [1.82, 2.24) is 0 Å². The van der Waals surface area contributed by atoms with Crippen LogP contribution in [0.5, 0.6) is 0 Å². The number of carbonyl (C=O) groups is 2. The molecule has 3 unspecified atom stereocenters. The second-order valence-electron chi connectivity index (χ2n) is 6.24. The maximum Gasteiger partial charge on any atom is 0.362 e. The van der Waals surface area contributed by atoms with Crippen molar-refractivity contribution in [3.63, 3.8) is 0 Å². The lowest BCUT2D eigenvalue weighted by Crippen LogP contribution is -2.68. The van der Waals surface area contributed by atoms with Gasteiger partial charge in [-0.05, 0) is 12.8 Å². The lowest BCUT2D eigenvalue weighted by atomic mass is 10.0. The number of nitrogens with zero attached hydrogens (tertiary/aromatic N) is 1. The van der Waals surface area contributed by atoms with Crippen molar-refractivity contribution in [2.75, 3.05) is 13.3 Å². The molecule has 0 amide bonds. The summed E-state index contributed by atoms with van der Waals surface area (Å²) < 4.78 is -0.335. The Hall–Kier alpha value is -1.14. The third-order valence-electron chi connectivity index (χ3n) is 4.76. The molecule has 0 aliphatic heterocycles. The first-order valence-electron chi connectivity index (χ1n) is 8.82. The van der Waals surface area contributed by atoms with E-state index in [4.69, 9.17) is 0 Å². The number of quaternary nitrogens is 1. The highest BCUT2D eigenvalue weighted by molar-refractivity contribution is 5.74. The molecule has 0 saturated carbocycles. The summed E-state index contributed by atoms with van der Waals surface area (Å²) in [5.74, 6) is -2.35. The van der Waals surface area contributed by atoms with Gasteiger partial charge < -0.3 is 20.1 Å². The Morgan fingerprint density at radius 3 is 1.87 bits per heavy atom.